The number of amides is 2. The van der Waals surface area contributed by atoms with Crippen LogP contribution >= 0.6 is 0 Å². The predicted octanol–water partition coefficient (Wildman–Crippen LogP) is 4.35. The molecule has 0 aromatic heterocycles. The number of nitrogens with zero attached hydrogens (tertiary/aromatic N) is 1. The average molecular weight is 392 g/mol. The number of nitrogens with one attached hydrogen (secondary N) is 1. The lowest BCUT2D eigenvalue weighted by atomic mass is 10.0. The first-order valence-corrected chi connectivity index (χ1v) is 8.91. The number of hydrogen-bond donors (Lipinski definition) is 1. The summed E-state index contributed by atoms with van der Waals surface area (Å²) in [7, 11) is 0. The van der Waals surface area contributed by atoms with Crippen molar-refractivity contribution in [3.05, 3.63) is 64.7 Å². The van der Waals surface area contributed by atoms with Gasteiger partial charge in [-0.15, -0.1) is 0 Å². The maximum atomic E-state index is 13.0. The number of carbonyl (C=O) groups excluding carboxylic acids is 2. The van der Waals surface area contributed by atoms with Gasteiger partial charge < -0.3 is 10.2 Å². The first kappa shape index (κ1) is 21.5. The van der Waals surface area contributed by atoms with Crippen molar-refractivity contribution in [1.29, 1.82) is 0 Å². The quantitative estimate of drug-likeness (QED) is 0.795. The molecule has 0 aliphatic rings. The molecular weight excluding hydrogens is 369 g/mol. The van der Waals surface area contributed by atoms with Crippen molar-refractivity contribution < 1.29 is 22.8 Å². The van der Waals surface area contributed by atoms with Gasteiger partial charge in [-0.3, -0.25) is 9.59 Å². The summed E-state index contributed by atoms with van der Waals surface area (Å²) >= 11 is 0. The van der Waals surface area contributed by atoms with Gasteiger partial charge in [0, 0.05) is 6.54 Å². The highest BCUT2D eigenvalue weighted by Gasteiger charge is 2.33. The van der Waals surface area contributed by atoms with Crippen LogP contribution in [0.4, 0.5) is 18.9 Å². The van der Waals surface area contributed by atoms with Crippen LogP contribution in [0.5, 0.6) is 0 Å². The third-order valence-electron chi connectivity index (χ3n) is 4.50. The van der Waals surface area contributed by atoms with E-state index in [0.29, 0.717) is 0 Å². The predicted molar refractivity (Wildman–Crippen MR) is 102 cm³/mol. The second-order valence-corrected chi connectivity index (χ2v) is 6.59. The first-order valence-electron chi connectivity index (χ1n) is 8.91. The normalized spacial score (nSPS) is 11.2. The topological polar surface area (TPSA) is 49.4 Å². The highest BCUT2D eigenvalue weighted by molar-refractivity contribution is 5.95. The van der Waals surface area contributed by atoms with Gasteiger partial charge in [0.1, 0.15) is 0 Å². The van der Waals surface area contributed by atoms with E-state index in [1.165, 1.54) is 23.1 Å². The Kier molecular flexibility index (Phi) is 6.83. The number of carbonyl (C=O) groups is 2. The number of hydrogen-bond acceptors (Lipinski definition) is 2. The van der Waals surface area contributed by atoms with E-state index < -0.39 is 17.6 Å². The maximum absolute atomic E-state index is 13.0. The van der Waals surface area contributed by atoms with Crippen molar-refractivity contribution in [1.82, 2.24) is 4.90 Å². The lowest BCUT2D eigenvalue weighted by Gasteiger charge is -2.21. The average Bonchev–Trinajstić information content (AvgIpc) is 2.62. The van der Waals surface area contributed by atoms with Gasteiger partial charge in [-0.25, -0.2) is 0 Å². The molecule has 2 amide bonds. The number of halogens is 3. The summed E-state index contributed by atoms with van der Waals surface area (Å²) in [6.45, 7) is 5.61. The van der Waals surface area contributed by atoms with Crippen molar-refractivity contribution in [2.24, 2.45) is 0 Å². The Morgan fingerprint density at radius 1 is 1.04 bits per heavy atom. The van der Waals surface area contributed by atoms with Gasteiger partial charge >= 0.3 is 6.18 Å². The molecule has 0 saturated heterocycles. The van der Waals surface area contributed by atoms with E-state index in [0.717, 1.165) is 22.8 Å². The number of benzene rings is 2. The second kappa shape index (κ2) is 8.91. The van der Waals surface area contributed by atoms with Crippen LogP contribution < -0.4 is 5.32 Å². The van der Waals surface area contributed by atoms with Crippen LogP contribution in [0.1, 0.15) is 29.2 Å². The monoisotopic (exact) mass is 392 g/mol. The van der Waals surface area contributed by atoms with Gasteiger partial charge in [0.05, 0.1) is 24.2 Å². The third-order valence-corrected chi connectivity index (χ3v) is 4.50. The summed E-state index contributed by atoms with van der Waals surface area (Å²) in [6.07, 6.45) is -4.45. The molecule has 0 spiro atoms. The largest absolute Gasteiger partial charge is 0.418 e. The van der Waals surface area contributed by atoms with Crippen LogP contribution in [-0.4, -0.2) is 29.8 Å². The van der Waals surface area contributed by atoms with Crippen molar-refractivity contribution in [2.45, 2.75) is 33.4 Å². The number of anilines is 1. The molecule has 0 saturated carbocycles. The van der Waals surface area contributed by atoms with Crippen LogP contribution in [0.25, 0.3) is 0 Å². The molecule has 4 nitrogen and oxygen atoms in total. The van der Waals surface area contributed by atoms with Crippen LogP contribution in [-0.2, 0) is 22.2 Å². The fourth-order valence-electron chi connectivity index (χ4n) is 2.78. The molecule has 2 rings (SSSR count). The lowest BCUT2D eigenvalue weighted by Crippen LogP contribution is -2.38. The summed E-state index contributed by atoms with van der Waals surface area (Å²) in [5.41, 5.74) is 1.76. The van der Waals surface area contributed by atoms with Gasteiger partial charge in [0.2, 0.25) is 11.8 Å². The molecule has 0 atom stereocenters. The zero-order chi connectivity index (χ0) is 20.9. The molecule has 150 valence electrons. The molecule has 0 aliphatic heterocycles. The van der Waals surface area contributed by atoms with Gasteiger partial charge in [0.25, 0.3) is 0 Å². The van der Waals surface area contributed by atoms with Crippen LogP contribution in [0.15, 0.2) is 42.5 Å². The molecule has 2 aromatic carbocycles. The van der Waals surface area contributed by atoms with E-state index in [4.69, 9.17) is 0 Å². The van der Waals surface area contributed by atoms with E-state index in [1.807, 2.05) is 32.0 Å². The van der Waals surface area contributed by atoms with Gasteiger partial charge in [0.15, 0.2) is 0 Å². The highest BCUT2D eigenvalue weighted by Crippen LogP contribution is 2.34. The molecule has 0 aliphatic carbocycles. The van der Waals surface area contributed by atoms with E-state index in [1.54, 1.807) is 6.92 Å². The van der Waals surface area contributed by atoms with E-state index >= 15 is 0 Å². The summed E-state index contributed by atoms with van der Waals surface area (Å²) in [5, 5.41) is 2.26. The Balaban J connectivity index is 2.05. The molecule has 7 heteroatoms. The molecule has 0 fully saturated rings. The van der Waals surface area contributed by atoms with E-state index in [2.05, 4.69) is 5.32 Å². The standard InChI is InChI=1S/C21H23F3N2O2/c1-4-26(20(28)12-16-10-9-14(2)15(3)11-16)13-19(27)25-18-8-6-5-7-17(18)21(22,23)24/h5-11H,4,12-13H2,1-3H3,(H,25,27). The summed E-state index contributed by atoms with van der Waals surface area (Å²) in [4.78, 5) is 26.1. The van der Waals surface area contributed by atoms with E-state index in [-0.39, 0.29) is 31.1 Å². The molecule has 2 aromatic rings. The van der Waals surface area contributed by atoms with Crippen LogP contribution in [0.3, 0.4) is 0 Å². The van der Waals surface area contributed by atoms with Crippen molar-refractivity contribution in [2.75, 3.05) is 18.4 Å². The minimum Gasteiger partial charge on any atom is -0.333 e. The summed E-state index contributed by atoms with van der Waals surface area (Å²) < 4.78 is 39.1. The zero-order valence-electron chi connectivity index (χ0n) is 16.1. The minimum atomic E-state index is -4.58. The lowest BCUT2D eigenvalue weighted by molar-refractivity contribution is -0.137. The Morgan fingerprint density at radius 3 is 2.32 bits per heavy atom. The molecule has 0 bridgehead atoms. The van der Waals surface area contributed by atoms with Gasteiger partial charge in [-0.1, -0.05) is 30.3 Å². The number of para-hydroxylation sites is 1. The first-order chi connectivity index (χ1) is 13.1. The van der Waals surface area contributed by atoms with Crippen LogP contribution in [0, 0.1) is 13.8 Å². The molecule has 28 heavy (non-hydrogen) atoms. The third kappa shape index (κ3) is 5.58. The van der Waals surface area contributed by atoms with Gasteiger partial charge in [-0.05, 0) is 49.6 Å². The summed E-state index contributed by atoms with van der Waals surface area (Å²) in [6, 6.07) is 10.5. The molecule has 0 radical (unpaired) electrons. The van der Waals surface area contributed by atoms with Gasteiger partial charge in [-0.2, -0.15) is 13.2 Å². The smallest absolute Gasteiger partial charge is 0.333 e. The summed E-state index contributed by atoms with van der Waals surface area (Å²) in [5.74, 6) is -0.933. The SMILES string of the molecule is CCN(CC(=O)Nc1ccccc1C(F)(F)F)C(=O)Cc1ccc(C)c(C)c1. The Hall–Kier alpha value is -2.83. The Bertz CT molecular complexity index is 863. The molecule has 0 heterocycles. The highest BCUT2D eigenvalue weighted by atomic mass is 19.4. The fraction of sp³-hybridized carbons (Fsp3) is 0.333. The number of aryl methyl sites for hydroxylation is 2. The fourth-order valence-corrected chi connectivity index (χ4v) is 2.78. The Morgan fingerprint density at radius 2 is 1.71 bits per heavy atom. The Labute approximate surface area is 162 Å². The number of alkyl halides is 3. The minimum absolute atomic E-state index is 0.126. The molecule has 0 unspecified atom stereocenters. The molecular formula is C21H23F3N2O2. The maximum Gasteiger partial charge on any atom is 0.418 e. The number of rotatable bonds is 6. The van der Waals surface area contributed by atoms with E-state index in [9.17, 15) is 22.8 Å². The second-order valence-electron chi connectivity index (χ2n) is 6.59. The number of likely N-dealkylation sites (N-methyl/N-ethyl adjacent to an activating group) is 1. The van der Waals surface area contributed by atoms with Crippen molar-refractivity contribution in [3.8, 4) is 0 Å². The molecule has 1 N–H and O–H groups in total. The van der Waals surface area contributed by atoms with Crippen LogP contribution in [0.2, 0.25) is 0 Å². The zero-order valence-corrected chi connectivity index (χ0v) is 16.1. The van der Waals surface area contributed by atoms with Crippen molar-refractivity contribution in [3.63, 3.8) is 0 Å². The van der Waals surface area contributed by atoms with Crippen molar-refractivity contribution >= 4 is 17.5 Å².